The summed E-state index contributed by atoms with van der Waals surface area (Å²) in [5.41, 5.74) is 1.63. The van der Waals surface area contributed by atoms with Crippen LogP contribution in [0.4, 0.5) is 8.78 Å². The standard InChI is InChI=1S/C30H26ClF2N3O2/c1-35-29(37)20-12-19-16(15-34)9-10-18(19)28(33)26(20)25-21-14-30(24-8-5-11-36-24,17-6-3-2-4-7-17)38-23(21)13-22(32)27(25)31/h2-4,6-7,12-13,16,24,36H,5,8-11,14H2,1H3,(H,35,37)/t16?,24-,30-/m0/s1. The van der Waals surface area contributed by atoms with Gasteiger partial charge in [-0.1, -0.05) is 41.9 Å². The smallest absolute Gasteiger partial charge is 0.251 e. The third-order valence-electron chi connectivity index (χ3n) is 8.24. The summed E-state index contributed by atoms with van der Waals surface area (Å²) in [4.78, 5) is 13.1. The summed E-state index contributed by atoms with van der Waals surface area (Å²) in [6, 6.07) is 14.7. The van der Waals surface area contributed by atoms with Crippen LogP contribution in [-0.4, -0.2) is 25.5 Å². The van der Waals surface area contributed by atoms with Crippen LogP contribution in [-0.2, 0) is 18.4 Å². The van der Waals surface area contributed by atoms with Crippen LogP contribution < -0.4 is 15.4 Å². The fraction of sp³-hybridized carbons (Fsp3) is 0.333. The highest BCUT2D eigenvalue weighted by molar-refractivity contribution is 6.34. The summed E-state index contributed by atoms with van der Waals surface area (Å²) in [7, 11) is 1.45. The number of amides is 1. The third-order valence-corrected chi connectivity index (χ3v) is 8.61. The number of ether oxygens (including phenoxy) is 1. The molecule has 38 heavy (non-hydrogen) atoms. The molecule has 6 rings (SSSR count). The Morgan fingerprint density at radius 3 is 2.66 bits per heavy atom. The van der Waals surface area contributed by atoms with Crippen molar-refractivity contribution in [2.24, 2.45) is 0 Å². The fourth-order valence-corrected chi connectivity index (χ4v) is 6.70. The zero-order valence-electron chi connectivity index (χ0n) is 20.8. The highest BCUT2D eigenvalue weighted by Gasteiger charge is 2.50. The highest BCUT2D eigenvalue weighted by atomic mass is 35.5. The Morgan fingerprint density at radius 2 is 1.97 bits per heavy atom. The second-order valence-corrected chi connectivity index (χ2v) is 10.6. The van der Waals surface area contributed by atoms with E-state index in [9.17, 15) is 10.1 Å². The van der Waals surface area contributed by atoms with E-state index in [0.29, 0.717) is 36.0 Å². The summed E-state index contributed by atoms with van der Waals surface area (Å²) in [5.74, 6) is -2.14. The van der Waals surface area contributed by atoms with E-state index in [4.69, 9.17) is 16.3 Å². The molecule has 1 fully saturated rings. The van der Waals surface area contributed by atoms with Crippen LogP contribution in [0.5, 0.6) is 5.75 Å². The fourth-order valence-electron chi connectivity index (χ4n) is 6.43. The first kappa shape index (κ1) is 24.8. The van der Waals surface area contributed by atoms with Crippen LogP contribution in [0.2, 0.25) is 5.02 Å². The van der Waals surface area contributed by atoms with Gasteiger partial charge >= 0.3 is 0 Å². The van der Waals surface area contributed by atoms with Crippen molar-refractivity contribution in [1.82, 2.24) is 10.6 Å². The molecule has 3 atom stereocenters. The number of carbonyl (C=O) groups is 1. The molecule has 0 saturated carbocycles. The van der Waals surface area contributed by atoms with Gasteiger partial charge in [0.25, 0.3) is 5.91 Å². The van der Waals surface area contributed by atoms with Gasteiger partial charge in [-0.25, -0.2) is 8.78 Å². The predicted molar refractivity (Wildman–Crippen MR) is 140 cm³/mol. The molecule has 1 amide bonds. The number of fused-ring (bicyclic) bond motifs is 2. The number of rotatable bonds is 4. The molecule has 1 unspecified atom stereocenters. The lowest BCUT2D eigenvalue weighted by Gasteiger charge is -2.35. The summed E-state index contributed by atoms with van der Waals surface area (Å²) in [6.07, 6.45) is 2.97. The van der Waals surface area contributed by atoms with Crippen molar-refractivity contribution >= 4 is 17.5 Å². The van der Waals surface area contributed by atoms with Gasteiger partial charge in [-0.3, -0.25) is 4.79 Å². The lowest BCUT2D eigenvalue weighted by molar-refractivity contribution is 0.0539. The molecule has 1 aliphatic carbocycles. The predicted octanol–water partition coefficient (Wildman–Crippen LogP) is 5.78. The van der Waals surface area contributed by atoms with Gasteiger partial charge in [-0.15, -0.1) is 0 Å². The van der Waals surface area contributed by atoms with Crippen LogP contribution >= 0.6 is 11.6 Å². The van der Waals surface area contributed by atoms with Crippen LogP contribution in [0.3, 0.4) is 0 Å². The number of nitrogens with one attached hydrogen (secondary N) is 2. The largest absolute Gasteiger partial charge is 0.480 e. The molecule has 2 N–H and O–H groups in total. The van der Waals surface area contributed by atoms with Crippen molar-refractivity contribution < 1.29 is 18.3 Å². The summed E-state index contributed by atoms with van der Waals surface area (Å²) in [6.45, 7) is 0.835. The van der Waals surface area contributed by atoms with Crippen molar-refractivity contribution in [2.75, 3.05) is 13.6 Å². The number of hydrogen-bond donors (Lipinski definition) is 2. The van der Waals surface area contributed by atoms with Gasteiger partial charge in [0.2, 0.25) is 0 Å². The molecular formula is C30H26ClF2N3O2. The SMILES string of the molecule is CNC(=O)c1cc2c(c(F)c1-c1c(Cl)c(F)cc3c1C[C@](c1ccccc1)([C@@H]1CCCN1)O3)CCC2C#N. The van der Waals surface area contributed by atoms with Crippen molar-refractivity contribution in [1.29, 1.82) is 5.26 Å². The first-order chi connectivity index (χ1) is 18.4. The van der Waals surface area contributed by atoms with E-state index in [-0.39, 0.29) is 33.5 Å². The van der Waals surface area contributed by atoms with E-state index in [0.717, 1.165) is 24.9 Å². The summed E-state index contributed by atoms with van der Waals surface area (Å²) < 4.78 is 38.4. The zero-order valence-corrected chi connectivity index (χ0v) is 21.6. The van der Waals surface area contributed by atoms with Crippen LogP contribution in [0.15, 0.2) is 42.5 Å². The van der Waals surface area contributed by atoms with E-state index < -0.39 is 29.1 Å². The average molecular weight is 534 g/mol. The average Bonchev–Trinajstić information content (AvgIpc) is 3.69. The molecule has 2 heterocycles. The minimum atomic E-state index is -0.849. The molecule has 3 aromatic rings. The second kappa shape index (κ2) is 9.37. The van der Waals surface area contributed by atoms with Crippen molar-refractivity contribution in [3.05, 3.63) is 86.9 Å². The van der Waals surface area contributed by atoms with Gasteiger partial charge in [0, 0.05) is 36.2 Å². The number of nitrogens with zero attached hydrogens (tertiary/aromatic N) is 1. The maximum atomic E-state index is 16.4. The van der Waals surface area contributed by atoms with Gasteiger partial charge in [0.15, 0.2) is 5.60 Å². The molecule has 0 aromatic heterocycles. The molecule has 3 aliphatic rings. The lowest BCUT2D eigenvalue weighted by Crippen LogP contribution is -2.48. The number of nitriles is 1. The maximum Gasteiger partial charge on any atom is 0.251 e. The van der Waals surface area contributed by atoms with E-state index in [1.54, 1.807) is 6.07 Å². The summed E-state index contributed by atoms with van der Waals surface area (Å²) in [5, 5.41) is 15.4. The van der Waals surface area contributed by atoms with Crippen molar-refractivity contribution in [3.63, 3.8) is 0 Å². The Labute approximate surface area is 224 Å². The molecule has 1 saturated heterocycles. The Hall–Kier alpha value is -3.47. The molecular weight excluding hydrogens is 508 g/mol. The Bertz CT molecular complexity index is 1500. The zero-order chi connectivity index (χ0) is 26.6. The monoisotopic (exact) mass is 533 g/mol. The molecule has 5 nitrogen and oxygen atoms in total. The third kappa shape index (κ3) is 3.62. The van der Waals surface area contributed by atoms with E-state index in [1.807, 2.05) is 30.3 Å². The maximum absolute atomic E-state index is 16.4. The highest BCUT2D eigenvalue weighted by Crippen LogP contribution is 2.53. The van der Waals surface area contributed by atoms with Gasteiger partial charge in [-0.05, 0) is 55.0 Å². The summed E-state index contributed by atoms with van der Waals surface area (Å²) >= 11 is 6.61. The quantitative estimate of drug-likeness (QED) is 0.446. The minimum Gasteiger partial charge on any atom is -0.480 e. The normalized spacial score (nSPS) is 23.4. The topological polar surface area (TPSA) is 74.2 Å². The molecule has 0 spiro atoms. The van der Waals surface area contributed by atoms with E-state index in [2.05, 4.69) is 16.7 Å². The molecule has 2 aliphatic heterocycles. The van der Waals surface area contributed by atoms with Gasteiger partial charge < -0.3 is 15.4 Å². The first-order valence-corrected chi connectivity index (χ1v) is 13.2. The Kier molecular flexibility index (Phi) is 6.13. The van der Waals surface area contributed by atoms with Gasteiger partial charge in [0.1, 0.15) is 17.4 Å². The number of benzene rings is 3. The lowest BCUT2D eigenvalue weighted by atomic mass is 9.80. The number of halogens is 3. The molecule has 194 valence electrons. The van der Waals surface area contributed by atoms with Crippen LogP contribution in [0.1, 0.15) is 57.8 Å². The number of carbonyl (C=O) groups excluding carboxylic acids is 1. The molecule has 0 bridgehead atoms. The first-order valence-electron chi connectivity index (χ1n) is 12.9. The number of hydrogen-bond acceptors (Lipinski definition) is 4. The van der Waals surface area contributed by atoms with Crippen LogP contribution in [0.25, 0.3) is 11.1 Å². The van der Waals surface area contributed by atoms with Crippen LogP contribution in [0, 0.1) is 23.0 Å². The minimum absolute atomic E-state index is 0.0248. The Balaban J connectivity index is 1.61. The van der Waals surface area contributed by atoms with Crippen molar-refractivity contribution in [3.8, 4) is 22.9 Å². The molecule has 8 heteroatoms. The molecule has 3 aromatic carbocycles. The molecule has 0 radical (unpaired) electrons. The van der Waals surface area contributed by atoms with Gasteiger partial charge in [0.05, 0.1) is 28.6 Å². The van der Waals surface area contributed by atoms with E-state index in [1.165, 1.54) is 13.1 Å². The Morgan fingerprint density at radius 1 is 1.18 bits per heavy atom. The second-order valence-electron chi connectivity index (χ2n) is 10.2. The van der Waals surface area contributed by atoms with E-state index >= 15 is 8.78 Å². The van der Waals surface area contributed by atoms with Gasteiger partial charge in [-0.2, -0.15) is 5.26 Å². The van der Waals surface area contributed by atoms with Crippen molar-refractivity contribution in [2.45, 2.75) is 49.7 Å².